The molecule has 3 rings (SSSR count). The Labute approximate surface area is 146 Å². The Morgan fingerprint density at radius 3 is 2.74 bits per heavy atom. The van der Waals surface area contributed by atoms with Crippen molar-refractivity contribution in [3.05, 3.63) is 50.5 Å². The van der Waals surface area contributed by atoms with Crippen LogP contribution in [-0.4, -0.2) is 18.1 Å². The number of methoxy groups -OCH3 is 1. The van der Waals surface area contributed by atoms with E-state index in [2.05, 4.69) is 20.9 Å². The van der Waals surface area contributed by atoms with Gasteiger partial charge in [0.25, 0.3) is 0 Å². The lowest BCUT2D eigenvalue weighted by molar-refractivity contribution is 0.0600. The number of esters is 1. The summed E-state index contributed by atoms with van der Waals surface area (Å²) in [5.74, 6) is 0.0142. The van der Waals surface area contributed by atoms with Crippen molar-refractivity contribution in [2.45, 2.75) is 13.8 Å². The highest BCUT2D eigenvalue weighted by Gasteiger charge is 2.20. The molecule has 0 N–H and O–H groups in total. The third-order valence-electron chi connectivity index (χ3n) is 3.78. The molecule has 0 radical (unpaired) electrons. The van der Waals surface area contributed by atoms with Crippen molar-refractivity contribution in [3.8, 4) is 11.5 Å². The number of benzene rings is 2. The van der Waals surface area contributed by atoms with Crippen LogP contribution in [0.4, 0.5) is 0 Å². The number of oxazole rings is 1. The molecule has 0 bridgehead atoms. The zero-order chi connectivity index (χ0) is 16.7. The van der Waals surface area contributed by atoms with Crippen molar-refractivity contribution < 1.29 is 13.9 Å². The molecule has 6 heteroatoms. The smallest absolute Gasteiger partial charge is 0.338 e. The molecule has 1 heterocycles. The van der Waals surface area contributed by atoms with Gasteiger partial charge >= 0.3 is 5.97 Å². The molecule has 2 aromatic carbocycles. The molecule has 0 saturated heterocycles. The van der Waals surface area contributed by atoms with Gasteiger partial charge in [0.2, 0.25) is 5.89 Å². The van der Waals surface area contributed by atoms with E-state index in [0.29, 0.717) is 33.1 Å². The highest BCUT2D eigenvalue weighted by atomic mass is 79.9. The largest absolute Gasteiger partial charge is 0.465 e. The third kappa shape index (κ3) is 2.64. The summed E-state index contributed by atoms with van der Waals surface area (Å²) in [7, 11) is 1.33. The first-order chi connectivity index (χ1) is 10.9. The Morgan fingerprint density at radius 1 is 1.30 bits per heavy atom. The van der Waals surface area contributed by atoms with E-state index in [0.717, 1.165) is 15.6 Å². The van der Waals surface area contributed by atoms with Crippen LogP contribution in [0.2, 0.25) is 5.02 Å². The SMILES string of the molecule is COC(=O)c1cc(Cl)c2oc(-c3cccc(Br)c3C)nc2c1C. The van der Waals surface area contributed by atoms with E-state index in [1.165, 1.54) is 7.11 Å². The average Bonchev–Trinajstić information content (AvgIpc) is 2.98. The van der Waals surface area contributed by atoms with E-state index in [1.807, 2.05) is 25.1 Å². The molecule has 0 spiro atoms. The van der Waals surface area contributed by atoms with Crippen LogP contribution in [0.1, 0.15) is 21.5 Å². The van der Waals surface area contributed by atoms with Gasteiger partial charge in [0.15, 0.2) is 5.58 Å². The average molecular weight is 395 g/mol. The molecule has 1 aromatic heterocycles. The molecule has 0 unspecified atom stereocenters. The standard InChI is InChI=1S/C17H13BrClNO3/c1-8-10(5-4-6-12(8)18)16-20-14-9(2)11(17(21)22-3)7-13(19)15(14)23-16/h4-7H,1-3H3. The van der Waals surface area contributed by atoms with Crippen molar-refractivity contribution in [2.24, 2.45) is 0 Å². The number of aryl methyl sites for hydroxylation is 1. The highest BCUT2D eigenvalue weighted by molar-refractivity contribution is 9.10. The number of hydrogen-bond donors (Lipinski definition) is 0. The summed E-state index contributed by atoms with van der Waals surface area (Å²) in [5.41, 5.74) is 3.97. The van der Waals surface area contributed by atoms with E-state index in [1.54, 1.807) is 13.0 Å². The number of rotatable bonds is 2. The summed E-state index contributed by atoms with van der Waals surface area (Å²) in [6, 6.07) is 7.34. The van der Waals surface area contributed by atoms with Gasteiger partial charge in [-0.2, -0.15) is 0 Å². The van der Waals surface area contributed by atoms with Crippen molar-refractivity contribution in [2.75, 3.05) is 7.11 Å². The lowest BCUT2D eigenvalue weighted by Crippen LogP contribution is -2.04. The Bertz CT molecular complexity index is 933. The van der Waals surface area contributed by atoms with Crippen LogP contribution in [0.25, 0.3) is 22.6 Å². The summed E-state index contributed by atoms with van der Waals surface area (Å²) >= 11 is 9.76. The van der Waals surface area contributed by atoms with Crippen molar-refractivity contribution >= 4 is 44.6 Å². The number of fused-ring (bicyclic) bond motifs is 1. The molecule has 0 aliphatic carbocycles. The van der Waals surface area contributed by atoms with Crippen molar-refractivity contribution in [1.82, 2.24) is 4.98 Å². The zero-order valence-electron chi connectivity index (χ0n) is 12.7. The monoisotopic (exact) mass is 393 g/mol. The predicted molar refractivity (Wildman–Crippen MR) is 93.0 cm³/mol. The van der Waals surface area contributed by atoms with Crippen molar-refractivity contribution in [1.29, 1.82) is 0 Å². The minimum atomic E-state index is -0.450. The van der Waals surface area contributed by atoms with E-state index in [-0.39, 0.29) is 0 Å². The van der Waals surface area contributed by atoms with Gasteiger partial charge in [-0.1, -0.05) is 33.6 Å². The van der Waals surface area contributed by atoms with Crippen LogP contribution < -0.4 is 0 Å². The fraction of sp³-hybridized carbons (Fsp3) is 0.176. The molecule has 0 amide bonds. The van der Waals surface area contributed by atoms with E-state index in [4.69, 9.17) is 20.8 Å². The first kappa shape index (κ1) is 16.0. The van der Waals surface area contributed by atoms with Gasteiger partial charge in [-0.25, -0.2) is 9.78 Å². The maximum absolute atomic E-state index is 11.9. The molecule has 0 atom stereocenters. The number of hydrogen-bond acceptors (Lipinski definition) is 4. The minimum absolute atomic E-state index is 0.331. The topological polar surface area (TPSA) is 52.3 Å². The zero-order valence-corrected chi connectivity index (χ0v) is 15.1. The Hall–Kier alpha value is -1.85. The summed E-state index contributed by atoms with van der Waals surface area (Å²) < 4.78 is 11.6. The molecule has 4 nitrogen and oxygen atoms in total. The number of carbonyl (C=O) groups excluding carboxylic acids is 1. The van der Waals surface area contributed by atoms with Crippen LogP contribution in [-0.2, 0) is 4.74 Å². The van der Waals surface area contributed by atoms with Crippen LogP contribution in [0, 0.1) is 13.8 Å². The molecule has 0 aliphatic rings. The fourth-order valence-corrected chi connectivity index (χ4v) is 3.04. The molecular weight excluding hydrogens is 382 g/mol. The second-order valence-corrected chi connectivity index (χ2v) is 6.39. The first-order valence-electron chi connectivity index (χ1n) is 6.87. The second-order valence-electron chi connectivity index (χ2n) is 5.13. The molecule has 0 saturated carbocycles. The molecule has 0 aliphatic heterocycles. The fourth-order valence-electron chi connectivity index (χ4n) is 2.44. The molecule has 0 fully saturated rings. The summed E-state index contributed by atoms with van der Waals surface area (Å²) in [5, 5.41) is 0.331. The first-order valence-corrected chi connectivity index (χ1v) is 8.04. The Morgan fingerprint density at radius 2 is 2.04 bits per heavy atom. The summed E-state index contributed by atoms with van der Waals surface area (Å²) in [6.45, 7) is 3.77. The van der Waals surface area contributed by atoms with E-state index >= 15 is 0 Å². The third-order valence-corrected chi connectivity index (χ3v) is 4.92. The normalized spacial score (nSPS) is 11.0. The van der Waals surface area contributed by atoms with Gasteiger partial charge in [-0.3, -0.25) is 0 Å². The van der Waals surface area contributed by atoms with Crippen LogP contribution >= 0.6 is 27.5 Å². The maximum atomic E-state index is 11.9. The molecule has 3 aromatic rings. The van der Waals surface area contributed by atoms with E-state index < -0.39 is 5.97 Å². The molecule has 23 heavy (non-hydrogen) atoms. The number of aromatic nitrogens is 1. The quantitative estimate of drug-likeness (QED) is 0.552. The highest BCUT2D eigenvalue weighted by Crippen LogP contribution is 2.35. The van der Waals surface area contributed by atoms with Gasteiger partial charge in [-0.05, 0) is 43.2 Å². The molecule has 118 valence electrons. The Balaban J connectivity index is 2.27. The number of halogens is 2. The van der Waals surface area contributed by atoms with Gasteiger partial charge in [0, 0.05) is 10.0 Å². The minimum Gasteiger partial charge on any atom is -0.465 e. The Kier molecular flexibility index (Phi) is 4.17. The van der Waals surface area contributed by atoms with Gasteiger partial charge in [0.05, 0.1) is 17.7 Å². The van der Waals surface area contributed by atoms with Crippen LogP contribution in [0.15, 0.2) is 33.2 Å². The van der Waals surface area contributed by atoms with Gasteiger partial charge in [0.1, 0.15) is 5.52 Å². The lowest BCUT2D eigenvalue weighted by Gasteiger charge is -2.04. The van der Waals surface area contributed by atoms with Crippen molar-refractivity contribution in [3.63, 3.8) is 0 Å². The number of carbonyl (C=O) groups is 1. The van der Waals surface area contributed by atoms with Gasteiger partial charge < -0.3 is 9.15 Å². The van der Waals surface area contributed by atoms with Gasteiger partial charge in [-0.15, -0.1) is 0 Å². The predicted octanol–water partition coefficient (Wildman–Crippen LogP) is 5.31. The maximum Gasteiger partial charge on any atom is 0.338 e. The van der Waals surface area contributed by atoms with Crippen LogP contribution in [0.3, 0.4) is 0 Å². The van der Waals surface area contributed by atoms with Crippen LogP contribution in [0.5, 0.6) is 0 Å². The number of ether oxygens (including phenoxy) is 1. The second kappa shape index (κ2) is 5.98. The summed E-state index contributed by atoms with van der Waals surface area (Å²) in [6.07, 6.45) is 0. The molecular formula is C17H13BrClNO3. The number of nitrogens with zero attached hydrogens (tertiary/aromatic N) is 1. The van der Waals surface area contributed by atoms with E-state index in [9.17, 15) is 4.79 Å². The lowest BCUT2D eigenvalue weighted by atomic mass is 10.1. The summed E-state index contributed by atoms with van der Waals surface area (Å²) in [4.78, 5) is 16.4.